The van der Waals surface area contributed by atoms with E-state index in [4.69, 9.17) is 9.47 Å². The molecule has 2 atom stereocenters. The molecule has 0 radical (unpaired) electrons. The zero-order valence-electron chi connectivity index (χ0n) is 11.4. The van der Waals surface area contributed by atoms with Crippen LogP contribution in [0.2, 0.25) is 0 Å². The highest BCUT2D eigenvalue weighted by molar-refractivity contribution is 9.09. The quantitative estimate of drug-likeness (QED) is 0.843. The van der Waals surface area contributed by atoms with Gasteiger partial charge in [0.1, 0.15) is 12.4 Å². The fourth-order valence-electron chi connectivity index (χ4n) is 2.78. The Kier molecular flexibility index (Phi) is 3.73. The predicted octanol–water partition coefficient (Wildman–Crippen LogP) is 2.81. The van der Waals surface area contributed by atoms with Gasteiger partial charge in [-0.1, -0.05) is 22.0 Å². The first-order valence-electron chi connectivity index (χ1n) is 6.93. The standard InChI is InChI=1S/C15H18BrNO3/c1-15(5-2-7-20-15)13(16)10-3-4-12-11(9-10)14(18)17-6-8-19-12/h3-4,9,13H,2,5-8H2,1H3,(H,17,18). The van der Waals surface area contributed by atoms with Crippen molar-refractivity contribution in [2.45, 2.75) is 30.2 Å². The van der Waals surface area contributed by atoms with Gasteiger partial charge in [-0.3, -0.25) is 4.79 Å². The summed E-state index contributed by atoms with van der Waals surface area (Å²) in [7, 11) is 0. The number of nitrogens with one attached hydrogen (secondary N) is 1. The van der Waals surface area contributed by atoms with E-state index in [1.54, 1.807) is 0 Å². The first kappa shape index (κ1) is 13.9. The second-order valence-corrected chi connectivity index (χ2v) is 6.40. The lowest BCUT2D eigenvalue weighted by molar-refractivity contribution is 0.0197. The van der Waals surface area contributed by atoms with Gasteiger partial charge in [-0.25, -0.2) is 0 Å². The van der Waals surface area contributed by atoms with Crippen LogP contribution < -0.4 is 10.1 Å². The summed E-state index contributed by atoms with van der Waals surface area (Å²) >= 11 is 3.74. The third-order valence-corrected chi connectivity index (χ3v) is 5.47. The molecular formula is C15H18BrNO3. The largest absolute Gasteiger partial charge is 0.491 e. The van der Waals surface area contributed by atoms with Crippen molar-refractivity contribution in [3.05, 3.63) is 29.3 Å². The summed E-state index contributed by atoms with van der Waals surface area (Å²) in [5.74, 6) is 0.581. The fraction of sp³-hybridized carbons (Fsp3) is 0.533. The van der Waals surface area contributed by atoms with Crippen molar-refractivity contribution in [1.82, 2.24) is 5.32 Å². The Morgan fingerprint density at radius 2 is 2.25 bits per heavy atom. The topological polar surface area (TPSA) is 47.6 Å². The minimum Gasteiger partial charge on any atom is -0.491 e. The summed E-state index contributed by atoms with van der Waals surface area (Å²) in [4.78, 5) is 12.1. The summed E-state index contributed by atoms with van der Waals surface area (Å²) in [5, 5.41) is 2.84. The second kappa shape index (κ2) is 5.37. The van der Waals surface area contributed by atoms with E-state index in [0.29, 0.717) is 24.5 Å². The number of carbonyl (C=O) groups excluding carboxylic acids is 1. The maximum absolute atomic E-state index is 12.0. The van der Waals surface area contributed by atoms with E-state index in [9.17, 15) is 4.79 Å². The first-order valence-corrected chi connectivity index (χ1v) is 7.85. The summed E-state index contributed by atoms with van der Waals surface area (Å²) < 4.78 is 11.4. The molecule has 20 heavy (non-hydrogen) atoms. The van der Waals surface area contributed by atoms with Crippen molar-refractivity contribution in [3.8, 4) is 5.75 Å². The normalized spacial score (nSPS) is 27.2. The number of halogens is 1. The number of hydrogen-bond donors (Lipinski definition) is 1. The molecule has 0 spiro atoms. The molecule has 2 unspecified atom stereocenters. The van der Waals surface area contributed by atoms with E-state index in [2.05, 4.69) is 28.2 Å². The Bertz CT molecular complexity index is 526. The molecule has 5 heteroatoms. The summed E-state index contributed by atoms with van der Waals surface area (Å²) in [5.41, 5.74) is 1.44. The Morgan fingerprint density at radius 3 is 3.00 bits per heavy atom. The summed E-state index contributed by atoms with van der Waals surface area (Å²) in [6.07, 6.45) is 2.09. The number of benzene rings is 1. The summed E-state index contributed by atoms with van der Waals surface area (Å²) in [6.45, 7) is 3.97. The van der Waals surface area contributed by atoms with Crippen molar-refractivity contribution >= 4 is 21.8 Å². The Morgan fingerprint density at radius 1 is 1.40 bits per heavy atom. The molecule has 1 N–H and O–H groups in total. The molecule has 1 fully saturated rings. The lowest BCUT2D eigenvalue weighted by Gasteiger charge is -2.29. The zero-order valence-corrected chi connectivity index (χ0v) is 13.0. The van der Waals surface area contributed by atoms with Crippen LogP contribution in [0.5, 0.6) is 5.75 Å². The maximum atomic E-state index is 12.0. The van der Waals surface area contributed by atoms with Crippen LogP contribution in [0.1, 0.15) is 40.5 Å². The molecule has 1 aromatic rings. The molecule has 0 saturated carbocycles. The van der Waals surface area contributed by atoms with E-state index >= 15 is 0 Å². The summed E-state index contributed by atoms with van der Waals surface area (Å²) in [6, 6.07) is 5.79. The average molecular weight is 340 g/mol. The van der Waals surface area contributed by atoms with Crippen LogP contribution >= 0.6 is 15.9 Å². The third-order valence-electron chi connectivity index (χ3n) is 3.97. The van der Waals surface area contributed by atoms with Crippen molar-refractivity contribution < 1.29 is 14.3 Å². The van der Waals surface area contributed by atoms with Gasteiger partial charge in [0.05, 0.1) is 22.5 Å². The van der Waals surface area contributed by atoms with E-state index in [1.165, 1.54) is 0 Å². The zero-order chi connectivity index (χ0) is 14.2. The number of carbonyl (C=O) groups is 1. The molecule has 3 rings (SSSR count). The third kappa shape index (κ3) is 2.44. The minimum absolute atomic E-state index is 0.0684. The predicted molar refractivity (Wildman–Crippen MR) is 79.5 cm³/mol. The molecule has 0 aromatic heterocycles. The van der Waals surface area contributed by atoms with Crippen LogP contribution in [0.4, 0.5) is 0 Å². The minimum atomic E-state index is -0.212. The lowest BCUT2D eigenvalue weighted by Crippen LogP contribution is -2.29. The number of fused-ring (bicyclic) bond motifs is 1. The van der Waals surface area contributed by atoms with E-state index in [-0.39, 0.29) is 16.3 Å². The SMILES string of the molecule is CC1(C(Br)c2ccc3c(c2)C(=O)NCCO3)CCCO1. The van der Waals surface area contributed by atoms with Gasteiger partial charge in [-0.2, -0.15) is 0 Å². The molecule has 108 valence electrons. The second-order valence-electron chi connectivity index (χ2n) is 5.49. The highest BCUT2D eigenvalue weighted by Crippen LogP contribution is 2.43. The molecule has 4 nitrogen and oxygen atoms in total. The maximum Gasteiger partial charge on any atom is 0.255 e. The number of hydrogen-bond acceptors (Lipinski definition) is 3. The van der Waals surface area contributed by atoms with Gasteiger partial charge in [-0.15, -0.1) is 0 Å². The smallest absolute Gasteiger partial charge is 0.255 e. The van der Waals surface area contributed by atoms with Crippen LogP contribution in [-0.4, -0.2) is 31.3 Å². The van der Waals surface area contributed by atoms with E-state index in [1.807, 2.05) is 18.2 Å². The monoisotopic (exact) mass is 339 g/mol. The fourth-order valence-corrected chi connectivity index (χ4v) is 3.43. The molecular weight excluding hydrogens is 322 g/mol. The molecule has 0 aliphatic carbocycles. The molecule has 2 aliphatic heterocycles. The van der Waals surface area contributed by atoms with E-state index in [0.717, 1.165) is 25.0 Å². The number of rotatable bonds is 2. The number of alkyl halides is 1. The lowest BCUT2D eigenvalue weighted by atomic mass is 9.92. The Labute approximate surface area is 127 Å². The van der Waals surface area contributed by atoms with Crippen molar-refractivity contribution in [1.29, 1.82) is 0 Å². The van der Waals surface area contributed by atoms with Gasteiger partial charge in [0.2, 0.25) is 0 Å². The van der Waals surface area contributed by atoms with Gasteiger partial charge in [0.15, 0.2) is 0 Å². The van der Waals surface area contributed by atoms with Crippen LogP contribution in [0.25, 0.3) is 0 Å². The van der Waals surface area contributed by atoms with Crippen LogP contribution in [0.3, 0.4) is 0 Å². The highest BCUT2D eigenvalue weighted by Gasteiger charge is 2.38. The van der Waals surface area contributed by atoms with Gasteiger partial charge in [-0.05, 0) is 37.5 Å². The van der Waals surface area contributed by atoms with Gasteiger partial charge in [0.25, 0.3) is 5.91 Å². The molecule has 1 amide bonds. The Balaban J connectivity index is 1.93. The van der Waals surface area contributed by atoms with Crippen molar-refractivity contribution in [2.75, 3.05) is 19.8 Å². The van der Waals surface area contributed by atoms with Crippen LogP contribution in [0, 0.1) is 0 Å². The number of amides is 1. The van der Waals surface area contributed by atoms with E-state index < -0.39 is 0 Å². The van der Waals surface area contributed by atoms with Crippen LogP contribution in [0.15, 0.2) is 18.2 Å². The average Bonchev–Trinajstić information content (AvgIpc) is 2.82. The molecule has 1 saturated heterocycles. The van der Waals surface area contributed by atoms with Gasteiger partial charge >= 0.3 is 0 Å². The van der Waals surface area contributed by atoms with Crippen LogP contribution in [-0.2, 0) is 4.74 Å². The molecule has 0 bridgehead atoms. The van der Waals surface area contributed by atoms with Crippen molar-refractivity contribution in [3.63, 3.8) is 0 Å². The van der Waals surface area contributed by atoms with Crippen molar-refractivity contribution in [2.24, 2.45) is 0 Å². The molecule has 1 aromatic carbocycles. The Hall–Kier alpha value is -1.07. The number of ether oxygens (including phenoxy) is 2. The highest BCUT2D eigenvalue weighted by atomic mass is 79.9. The van der Waals surface area contributed by atoms with Gasteiger partial charge < -0.3 is 14.8 Å². The van der Waals surface area contributed by atoms with Gasteiger partial charge in [0, 0.05) is 6.61 Å². The molecule has 2 heterocycles. The molecule has 2 aliphatic rings. The first-order chi connectivity index (χ1) is 9.60.